The molecule has 4 rings (SSSR count). The summed E-state index contributed by atoms with van der Waals surface area (Å²) < 4.78 is 37.7. The number of sulfonamides is 1. The fourth-order valence-electron chi connectivity index (χ4n) is 3.50. The molecule has 1 aliphatic carbocycles. The Kier molecular flexibility index (Phi) is 6.04. The van der Waals surface area contributed by atoms with Gasteiger partial charge in [-0.2, -0.15) is 5.10 Å². The van der Waals surface area contributed by atoms with Crippen molar-refractivity contribution in [1.82, 2.24) is 9.78 Å². The van der Waals surface area contributed by atoms with Crippen LogP contribution >= 0.6 is 0 Å². The van der Waals surface area contributed by atoms with Gasteiger partial charge in [0.15, 0.2) is 5.69 Å². The van der Waals surface area contributed by atoms with Gasteiger partial charge >= 0.3 is 0 Å². The molecule has 0 spiro atoms. The Balaban J connectivity index is 0.00000256. The van der Waals surface area contributed by atoms with Crippen LogP contribution in [0.1, 0.15) is 42.0 Å². The molecular weight excluding hydrogens is 407 g/mol. The molecule has 0 saturated carbocycles. The second-order valence-electron chi connectivity index (χ2n) is 6.89. The fraction of sp³-hybridized carbons (Fsp3) is 0.238. The van der Waals surface area contributed by atoms with Crippen LogP contribution in [0.5, 0.6) is 0 Å². The minimum Gasteiger partial charge on any atom is -0.321 e. The lowest BCUT2D eigenvalue weighted by Gasteiger charge is -2.14. The third kappa shape index (κ3) is 4.27. The van der Waals surface area contributed by atoms with Gasteiger partial charge in [-0.3, -0.25) is 4.79 Å². The van der Waals surface area contributed by atoms with E-state index in [2.05, 4.69) is 10.4 Å². The summed E-state index contributed by atoms with van der Waals surface area (Å²) in [5, 5.41) is 12.4. The van der Waals surface area contributed by atoms with Crippen LogP contribution in [0.3, 0.4) is 0 Å². The van der Waals surface area contributed by atoms with E-state index in [-0.39, 0.29) is 24.0 Å². The molecule has 1 aliphatic rings. The highest BCUT2D eigenvalue weighted by Crippen LogP contribution is 2.27. The molecule has 0 aliphatic heterocycles. The van der Waals surface area contributed by atoms with Gasteiger partial charge in [0, 0.05) is 16.9 Å². The molecule has 3 N–H and O–H groups in total. The molecule has 7 nitrogen and oxygen atoms in total. The van der Waals surface area contributed by atoms with Crippen LogP contribution in [0.4, 0.5) is 10.1 Å². The molecule has 1 heterocycles. The molecule has 30 heavy (non-hydrogen) atoms. The lowest BCUT2D eigenvalue weighted by atomic mass is 9.95. The Bertz CT molecular complexity index is 1170. The number of halogens is 1. The van der Waals surface area contributed by atoms with E-state index in [1.807, 2.05) is 0 Å². The van der Waals surface area contributed by atoms with Gasteiger partial charge in [0.1, 0.15) is 5.82 Å². The minimum atomic E-state index is -3.80. The molecule has 1 aromatic heterocycles. The van der Waals surface area contributed by atoms with Crippen molar-refractivity contribution in [3.63, 3.8) is 0 Å². The van der Waals surface area contributed by atoms with Gasteiger partial charge in [-0.25, -0.2) is 22.6 Å². The monoisotopic (exact) mass is 430 g/mol. The van der Waals surface area contributed by atoms with E-state index < -0.39 is 10.0 Å². The van der Waals surface area contributed by atoms with Gasteiger partial charge in [-0.15, -0.1) is 0 Å². The number of anilines is 1. The molecule has 0 radical (unpaired) electrons. The Hall–Kier alpha value is -3.04. The van der Waals surface area contributed by atoms with Gasteiger partial charge in [0.05, 0.1) is 10.6 Å². The number of nitrogens with one attached hydrogen (secondary N) is 1. The quantitative estimate of drug-likeness (QED) is 0.661. The van der Waals surface area contributed by atoms with Crippen molar-refractivity contribution in [3.05, 3.63) is 71.3 Å². The number of primary sulfonamides is 1. The maximum absolute atomic E-state index is 13.3. The summed E-state index contributed by atoms with van der Waals surface area (Å²) in [6, 6.07) is 11.6. The number of aromatic nitrogens is 2. The zero-order valence-electron chi connectivity index (χ0n) is 15.4. The summed E-state index contributed by atoms with van der Waals surface area (Å²) in [5.41, 5.74) is 3.29. The van der Waals surface area contributed by atoms with Crippen molar-refractivity contribution in [2.24, 2.45) is 5.14 Å². The normalized spacial score (nSPS) is 13.3. The molecule has 9 heteroatoms. The van der Waals surface area contributed by atoms with Gasteiger partial charge in [0.25, 0.3) is 5.91 Å². The topological polar surface area (TPSA) is 107 Å². The molecule has 0 bridgehead atoms. The standard InChI is InChI=1S/C20H19FN4O3S.CH4/c21-13-5-9-15(10-6-13)25-18-4-2-1-3-17(18)19(24-25)20(26)23-14-7-11-16(12-8-14)29(22,27)28;/h5-12H,1-4H2,(H,23,26)(H2,22,27,28);1H4. The second kappa shape index (κ2) is 8.37. The number of nitrogens with two attached hydrogens (primary N) is 1. The summed E-state index contributed by atoms with van der Waals surface area (Å²) >= 11 is 0. The molecule has 0 atom stereocenters. The number of carbonyl (C=O) groups is 1. The smallest absolute Gasteiger partial charge is 0.276 e. The van der Waals surface area contributed by atoms with Crippen LogP contribution in [-0.2, 0) is 22.9 Å². The Morgan fingerprint density at radius 1 is 1.03 bits per heavy atom. The number of nitrogens with zero attached hydrogens (tertiary/aromatic N) is 2. The largest absolute Gasteiger partial charge is 0.321 e. The maximum Gasteiger partial charge on any atom is 0.276 e. The van der Waals surface area contributed by atoms with E-state index in [4.69, 9.17) is 5.14 Å². The number of hydrogen-bond acceptors (Lipinski definition) is 4. The maximum atomic E-state index is 13.3. The summed E-state index contributed by atoms with van der Waals surface area (Å²) in [7, 11) is -3.80. The van der Waals surface area contributed by atoms with Gasteiger partial charge in [-0.05, 0) is 74.2 Å². The first kappa shape index (κ1) is 21.7. The number of carbonyl (C=O) groups excluding carboxylic acids is 1. The third-order valence-corrected chi connectivity index (χ3v) is 5.84. The number of benzene rings is 2. The summed E-state index contributed by atoms with van der Waals surface area (Å²) in [4.78, 5) is 12.8. The van der Waals surface area contributed by atoms with Crippen molar-refractivity contribution in [1.29, 1.82) is 0 Å². The van der Waals surface area contributed by atoms with Crippen LogP contribution in [0, 0.1) is 5.82 Å². The molecule has 0 unspecified atom stereocenters. The van der Waals surface area contributed by atoms with E-state index in [1.165, 1.54) is 36.4 Å². The predicted molar refractivity (Wildman–Crippen MR) is 113 cm³/mol. The molecule has 2 aromatic carbocycles. The van der Waals surface area contributed by atoms with Crippen molar-refractivity contribution in [2.45, 2.75) is 38.0 Å². The average molecular weight is 431 g/mol. The summed E-state index contributed by atoms with van der Waals surface area (Å²) in [6.45, 7) is 0. The highest BCUT2D eigenvalue weighted by Gasteiger charge is 2.25. The number of hydrogen-bond donors (Lipinski definition) is 2. The van der Waals surface area contributed by atoms with E-state index >= 15 is 0 Å². The first-order valence-corrected chi connectivity index (χ1v) is 10.7. The van der Waals surface area contributed by atoms with Crippen LogP contribution in [0.2, 0.25) is 0 Å². The first-order chi connectivity index (χ1) is 13.8. The fourth-order valence-corrected chi connectivity index (χ4v) is 4.01. The molecule has 0 fully saturated rings. The van der Waals surface area contributed by atoms with E-state index in [0.29, 0.717) is 17.1 Å². The van der Waals surface area contributed by atoms with Crippen molar-refractivity contribution < 1.29 is 17.6 Å². The highest BCUT2D eigenvalue weighted by molar-refractivity contribution is 7.89. The van der Waals surface area contributed by atoms with Crippen LogP contribution in [0.15, 0.2) is 53.4 Å². The van der Waals surface area contributed by atoms with E-state index in [9.17, 15) is 17.6 Å². The molecular formula is C21H23FN4O3S. The summed E-state index contributed by atoms with van der Waals surface area (Å²) in [6.07, 6.45) is 3.49. The predicted octanol–water partition coefficient (Wildman–Crippen LogP) is 3.43. The zero-order chi connectivity index (χ0) is 20.6. The van der Waals surface area contributed by atoms with Crippen molar-refractivity contribution in [3.8, 4) is 5.69 Å². The van der Waals surface area contributed by atoms with Crippen LogP contribution in [0.25, 0.3) is 5.69 Å². The Morgan fingerprint density at radius 2 is 1.67 bits per heavy atom. The van der Waals surface area contributed by atoms with Crippen LogP contribution < -0.4 is 10.5 Å². The van der Waals surface area contributed by atoms with Gasteiger partial charge in [-0.1, -0.05) is 7.43 Å². The van der Waals surface area contributed by atoms with Gasteiger partial charge in [0.2, 0.25) is 10.0 Å². The lowest BCUT2D eigenvalue weighted by Crippen LogP contribution is -2.16. The van der Waals surface area contributed by atoms with Gasteiger partial charge < -0.3 is 5.32 Å². The molecule has 1 amide bonds. The number of fused-ring (bicyclic) bond motifs is 1. The second-order valence-corrected chi connectivity index (χ2v) is 8.45. The van der Waals surface area contributed by atoms with Crippen molar-refractivity contribution in [2.75, 3.05) is 5.32 Å². The SMILES string of the molecule is C.NS(=O)(=O)c1ccc(NC(=O)c2nn(-c3ccc(F)cc3)c3c2CCCC3)cc1. The summed E-state index contributed by atoms with van der Waals surface area (Å²) in [5.74, 6) is -0.719. The number of amides is 1. The zero-order valence-corrected chi connectivity index (χ0v) is 16.2. The number of rotatable bonds is 4. The van der Waals surface area contributed by atoms with Crippen molar-refractivity contribution >= 4 is 21.6 Å². The lowest BCUT2D eigenvalue weighted by molar-refractivity contribution is 0.102. The third-order valence-electron chi connectivity index (χ3n) is 4.91. The Labute approximate surface area is 174 Å². The average Bonchev–Trinajstić information content (AvgIpc) is 3.08. The molecule has 3 aromatic rings. The van der Waals surface area contributed by atoms with E-state index in [1.54, 1.807) is 16.8 Å². The Morgan fingerprint density at radius 3 is 2.30 bits per heavy atom. The van der Waals surface area contributed by atoms with E-state index in [0.717, 1.165) is 36.9 Å². The van der Waals surface area contributed by atoms with Crippen LogP contribution in [-0.4, -0.2) is 24.1 Å². The molecule has 158 valence electrons. The highest BCUT2D eigenvalue weighted by atomic mass is 32.2. The first-order valence-electron chi connectivity index (χ1n) is 9.14. The molecule has 0 saturated heterocycles. The minimum absolute atomic E-state index is 0.